The van der Waals surface area contributed by atoms with E-state index < -0.39 is 6.03 Å². The number of carbonyl (C=O) groups excluding carboxylic acids is 3. The second-order valence-corrected chi connectivity index (χ2v) is 4.57. The average molecular weight is 271 g/mol. The zero-order valence-corrected chi connectivity index (χ0v) is 11.2. The van der Waals surface area contributed by atoms with E-state index in [9.17, 15) is 14.4 Å². The Balaban J connectivity index is 2.49. The monoisotopic (exact) mass is 271 g/mol. The summed E-state index contributed by atoms with van der Waals surface area (Å²) < 4.78 is 4.60. The molecule has 19 heavy (non-hydrogen) atoms. The SMILES string of the molecule is COC(=O)CC[C@H]1CCCCN1C(=O)CNC(N)=O. The van der Waals surface area contributed by atoms with Crippen molar-refractivity contribution >= 4 is 17.9 Å². The highest BCUT2D eigenvalue weighted by Crippen LogP contribution is 2.21. The highest BCUT2D eigenvalue weighted by molar-refractivity contribution is 5.83. The maximum atomic E-state index is 12.0. The first kappa shape index (κ1) is 15.3. The van der Waals surface area contributed by atoms with Crippen molar-refractivity contribution in [3.63, 3.8) is 0 Å². The standard InChI is InChI=1S/C12H21N3O4/c1-19-11(17)6-5-9-4-2-3-7-15(9)10(16)8-14-12(13)18/h9H,2-8H2,1H3,(H3,13,14,18)/t9-/m1/s1. The molecule has 0 aromatic carbocycles. The third-order valence-corrected chi connectivity index (χ3v) is 3.27. The fourth-order valence-electron chi connectivity index (χ4n) is 2.28. The molecular weight excluding hydrogens is 250 g/mol. The molecule has 0 aliphatic carbocycles. The third kappa shape index (κ3) is 5.15. The van der Waals surface area contributed by atoms with Crippen LogP contribution in [-0.4, -0.2) is 49.0 Å². The van der Waals surface area contributed by atoms with Crippen LogP contribution in [0, 0.1) is 0 Å². The predicted molar refractivity (Wildman–Crippen MR) is 68.2 cm³/mol. The van der Waals surface area contributed by atoms with Gasteiger partial charge in [-0.05, 0) is 25.7 Å². The van der Waals surface area contributed by atoms with Crippen molar-refractivity contribution in [2.75, 3.05) is 20.2 Å². The van der Waals surface area contributed by atoms with Gasteiger partial charge in [-0.1, -0.05) is 0 Å². The van der Waals surface area contributed by atoms with E-state index in [0.717, 1.165) is 19.3 Å². The summed E-state index contributed by atoms with van der Waals surface area (Å²) >= 11 is 0. The van der Waals surface area contributed by atoms with Crippen molar-refractivity contribution in [1.29, 1.82) is 0 Å². The summed E-state index contributed by atoms with van der Waals surface area (Å²) in [6.07, 6.45) is 3.75. The molecule has 1 fully saturated rings. The van der Waals surface area contributed by atoms with Crippen molar-refractivity contribution in [3.05, 3.63) is 0 Å². The maximum Gasteiger partial charge on any atom is 0.312 e. The van der Waals surface area contributed by atoms with Crippen molar-refractivity contribution < 1.29 is 19.1 Å². The molecule has 7 nitrogen and oxygen atoms in total. The molecule has 1 saturated heterocycles. The lowest BCUT2D eigenvalue weighted by Gasteiger charge is -2.35. The van der Waals surface area contributed by atoms with Crippen LogP contribution in [0.3, 0.4) is 0 Å². The van der Waals surface area contributed by atoms with E-state index in [0.29, 0.717) is 19.4 Å². The van der Waals surface area contributed by atoms with Crippen LogP contribution >= 0.6 is 0 Å². The number of nitrogens with one attached hydrogen (secondary N) is 1. The van der Waals surface area contributed by atoms with Crippen molar-refractivity contribution in [3.8, 4) is 0 Å². The Bertz CT molecular complexity index is 346. The molecule has 3 amide bonds. The Kier molecular flexibility index (Phi) is 6.11. The Labute approximate surface area is 112 Å². The van der Waals surface area contributed by atoms with E-state index in [2.05, 4.69) is 10.1 Å². The van der Waals surface area contributed by atoms with Gasteiger partial charge < -0.3 is 20.7 Å². The fourth-order valence-corrected chi connectivity index (χ4v) is 2.28. The normalized spacial score (nSPS) is 18.8. The number of primary amides is 1. The summed E-state index contributed by atoms with van der Waals surface area (Å²) in [6, 6.07) is -0.675. The number of ether oxygens (including phenoxy) is 1. The molecule has 7 heteroatoms. The maximum absolute atomic E-state index is 12.0. The number of urea groups is 1. The van der Waals surface area contributed by atoms with E-state index in [1.54, 1.807) is 4.90 Å². The van der Waals surface area contributed by atoms with Crippen LogP contribution < -0.4 is 11.1 Å². The van der Waals surface area contributed by atoms with E-state index in [1.165, 1.54) is 7.11 Å². The Hall–Kier alpha value is -1.79. The quantitative estimate of drug-likeness (QED) is 0.686. The highest BCUT2D eigenvalue weighted by Gasteiger charge is 2.26. The molecule has 0 radical (unpaired) electrons. The van der Waals surface area contributed by atoms with Gasteiger partial charge in [0.2, 0.25) is 5.91 Å². The number of esters is 1. The molecule has 108 valence electrons. The van der Waals surface area contributed by atoms with E-state index in [-0.39, 0.29) is 24.5 Å². The van der Waals surface area contributed by atoms with Gasteiger partial charge >= 0.3 is 12.0 Å². The topological polar surface area (TPSA) is 102 Å². The number of methoxy groups -OCH3 is 1. The van der Waals surface area contributed by atoms with Gasteiger partial charge in [-0.3, -0.25) is 9.59 Å². The van der Waals surface area contributed by atoms with Gasteiger partial charge in [-0.25, -0.2) is 4.79 Å². The van der Waals surface area contributed by atoms with Crippen molar-refractivity contribution in [1.82, 2.24) is 10.2 Å². The molecule has 3 N–H and O–H groups in total. The second kappa shape index (κ2) is 7.60. The molecule has 0 aromatic rings. The van der Waals surface area contributed by atoms with Crippen molar-refractivity contribution in [2.24, 2.45) is 5.73 Å². The van der Waals surface area contributed by atoms with Gasteiger partial charge in [0, 0.05) is 19.0 Å². The van der Waals surface area contributed by atoms with Crippen molar-refractivity contribution in [2.45, 2.75) is 38.1 Å². The predicted octanol–water partition coefficient (Wildman–Crippen LogP) is -0.0110. The molecule has 0 aromatic heterocycles. The zero-order valence-electron chi connectivity index (χ0n) is 11.2. The van der Waals surface area contributed by atoms with Gasteiger partial charge in [0.05, 0.1) is 13.7 Å². The summed E-state index contributed by atoms with van der Waals surface area (Å²) in [7, 11) is 1.35. The number of amides is 3. The highest BCUT2D eigenvalue weighted by atomic mass is 16.5. The fraction of sp³-hybridized carbons (Fsp3) is 0.750. The average Bonchev–Trinajstić information content (AvgIpc) is 2.42. The summed E-state index contributed by atoms with van der Waals surface area (Å²) in [4.78, 5) is 35.4. The van der Waals surface area contributed by atoms with E-state index in [4.69, 9.17) is 5.73 Å². The lowest BCUT2D eigenvalue weighted by Crippen LogP contribution is -2.48. The Morgan fingerprint density at radius 3 is 2.74 bits per heavy atom. The number of hydrogen-bond donors (Lipinski definition) is 2. The Morgan fingerprint density at radius 2 is 2.11 bits per heavy atom. The van der Waals surface area contributed by atoms with E-state index in [1.807, 2.05) is 0 Å². The lowest BCUT2D eigenvalue weighted by atomic mass is 9.98. The van der Waals surface area contributed by atoms with Gasteiger partial charge in [0.15, 0.2) is 0 Å². The summed E-state index contributed by atoms with van der Waals surface area (Å²) in [5.74, 6) is -0.429. The largest absolute Gasteiger partial charge is 0.469 e. The molecule has 0 saturated carbocycles. The van der Waals surface area contributed by atoms with Gasteiger partial charge in [-0.2, -0.15) is 0 Å². The minimum absolute atomic E-state index is 0.0371. The zero-order chi connectivity index (χ0) is 14.3. The van der Waals surface area contributed by atoms with Crippen LogP contribution in [0.5, 0.6) is 0 Å². The van der Waals surface area contributed by atoms with Gasteiger partial charge in [0.1, 0.15) is 0 Å². The minimum atomic E-state index is -0.712. The molecule has 1 aliphatic heterocycles. The number of likely N-dealkylation sites (tertiary alicyclic amines) is 1. The van der Waals surface area contributed by atoms with Crippen LogP contribution in [0.2, 0.25) is 0 Å². The number of nitrogens with zero attached hydrogens (tertiary/aromatic N) is 1. The number of carbonyl (C=O) groups is 3. The van der Waals surface area contributed by atoms with Crippen LogP contribution in [0.1, 0.15) is 32.1 Å². The number of piperidine rings is 1. The molecular formula is C12H21N3O4. The molecule has 1 rings (SSSR count). The first-order valence-electron chi connectivity index (χ1n) is 6.44. The number of nitrogens with two attached hydrogens (primary N) is 1. The Morgan fingerprint density at radius 1 is 1.37 bits per heavy atom. The smallest absolute Gasteiger partial charge is 0.312 e. The first-order chi connectivity index (χ1) is 9.04. The molecule has 1 atom stereocenters. The molecule has 1 heterocycles. The molecule has 0 bridgehead atoms. The summed E-state index contributed by atoms with van der Waals surface area (Å²) in [5.41, 5.74) is 4.94. The van der Waals surface area contributed by atoms with E-state index >= 15 is 0 Å². The first-order valence-corrected chi connectivity index (χ1v) is 6.44. The van der Waals surface area contributed by atoms with Crippen LogP contribution in [0.15, 0.2) is 0 Å². The summed E-state index contributed by atoms with van der Waals surface area (Å²) in [5, 5.41) is 2.30. The molecule has 0 unspecified atom stereocenters. The van der Waals surface area contributed by atoms with Crippen LogP contribution in [0.25, 0.3) is 0 Å². The van der Waals surface area contributed by atoms with Crippen LogP contribution in [0.4, 0.5) is 4.79 Å². The minimum Gasteiger partial charge on any atom is -0.469 e. The number of hydrogen-bond acceptors (Lipinski definition) is 4. The van der Waals surface area contributed by atoms with Gasteiger partial charge in [0.25, 0.3) is 0 Å². The number of rotatable bonds is 5. The van der Waals surface area contributed by atoms with Crippen LogP contribution in [-0.2, 0) is 14.3 Å². The molecule has 1 aliphatic rings. The second-order valence-electron chi connectivity index (χ2n) is 4.57. The lowest BCUT2D eigenvalue weighted by molar-refractivity contribution is -0.142. The van der Waals surface area contributed by atoms with Gasteiger partial charge in [-0.15, -0.1) is 0 Å². The third-order valence-electron chi connectivity index (χ3n) is 3.27. The summed E-state index contributed by atoms with van der Waals surface area (Å²) in [6.45, 7) is 0.565. The molecule has 0 spiro atoms.